The van der Waals surface area contributed by atoms with E-state index in [1.165, 1.54) is 18.2 Å². The van der Waals surface area contributed by atoms with Crippen LogP contribution in [-0.2, 0) is 0 Å². The van der Waals surface area contributed by atoms with Crippen molar-refractivity contribution in [1.29, 1.82) is 0 Å². The minimum absolute atomic E-state index is 0.00433. The highest BCUT2D eigenvalue weighted by Gasteiger charge is 2.39. The molecule has 0 heterocycles. The van der Waals surface area contributed by atoms with Crippen LogP contribution in [0.3, 0.4) is 0 Å². The Morgan fingerprint density at radius 2 is 2.32 bits per heavy atom. The quantitative estimate of drug-likeness (QED) is 0.584. The van der Waals surface area contributed by atoms with Crippen LogP contribution in [0.5, 0.6) is 0 Å². The predicted octanol–water partition coefficient (Wildman–Crippen LogP) is 2.92. The average molecular weight is 328 g/mol. The van der Waals surface area contributed by atoms with Gasteiger partial charge in [-0.3, -0.25) is 10.1 Å². The number of nitrogens with one attached hydrogen (secondary N) is 2. The third-order valence-corrected chi connectivity index (χ3v) is 4.47. The summed E-state index contributed by atoms with van der Waals surface area (Å²) < 4.78 is 0. The van der Waals surface area contributed by atoms with Crippen molar-refractivity contribution in [3.8, 4) is 0 Å². The molecule has 0 saturated heterocycles. The molecule has 0 aromatic heterocycles. The predicted molar refractivity (Wildman–Crippen MR) is 83.1 cm³/mol. The number of hydrogen-bond donors (Lipinski definition) is 3. The number of anilines is 1. The first kappa shape index (κ1) is 16.5. The summed E-state index contributed by atoms with van der Waals surface area (Å²) in [6.07, 6.45) is 2.58. The van der Waals surface area contributed by atoms with Gasteiger partial charge in [0.25, 0.3) is 5.69 Å². The Kier molecular flexibility index (Phi) is 4.87. The minimum atomic E-state index is -0.606. The molecule has 8 heteroatoms. The maximum Gasteiger partial charge on any atom is 0.319 e. The van der Waals surface area contributed by atoms with Gasteiger partial charge in [-0.05, 0) is 25.0 Å². The van der Waals surface area contributed by atoms with Crippen molar-refractivity contribution in [2.24, 2.45) is 5.41 Å². The van der Waals surface area contributed by atoms with Gasteiger partial charge in [-0.1, -0.05) is 24.9 Å². The molecule has 0 bridgehead atoms. The van der Waals surface area contributed by atoms with Crippen molar-refractivity contribution in [2.45, 2.75) is 32.2 Å². The van der Waals surface area contributed by atoms with Crippen LogP contribution >= 0.6 is 11.6 Å². The second kappa shape index (κ2) is 6.50. The molecule has 2 atom stereocenters. The van der Waals surface area contributed by atoms with Gasteiger partial charge >= 0.3 is 6.03 Å². The van der Waals surface area contributed by atoms with E-state index in [2.05, 4.69) is 10.6 Å². The Morgan fingerprint density at radius 1 is 1.59 bits per heavy atom. The molecule has 0 aliphatic heterocycles. The second-order valence-electron chi connectivity index (χ2n) is 5.78. The summed E-state index contributed by atoms with van der Waals surface area (Å²) in [6, 6.07) is 3.49. The van der Waals surface area contributed by atoms with E-state index in [-0.39, 0.29) is 34.5 Å². The standard InChI is InChI=1S/C14H18ClN3O4/c1-14(8-19)6-2-3-12(14)17-13(20)16-9-4-5-10(15)11(7-9)18(21)22/h4-5,7,12,19H,2-3,6,8H2,1H3,(H2,16,17,20). The summed E-state index contributed by atoms with van der Waals surface area (Å²) in [5.74, 6) is 0. The van der Waals surface area contributed by atoms with Crippen molar-refractivity contribution in [1.82, 2.24) is 5.32 Å². The van der Waals surface area contributed by atoms with E-state index < -0.39 is 11.0 Å². The number of nitro benzene ring substituents is 1. The van der Waals surface area contributed by atoms with Crippen LogP contribution in [0.25, 0.3) is 0 Å². The van der Waals surface area contributed by atoms with Crippen LogP contribution in [0.1, 0.15) is 26.2 Å². The molecule has 1 fully saturated rings. The van der Waals surface area contributed by atoms with Gasteiger partial charge in [-0.15, -0.1) is 0 Å². The number of benzene rings is 1. The average Bonchev–Trinajstić information content (AvgIpc) is 2.82. The number of carbonyl (C=O) groups is 1. The lowest BCUT2D eigenvalue weighted by Crippen LogP contribution is -2.46. The fourth-order valence-corrected chi connectivity index (χ4v) is 2.91. The van der Waals surface area contributed by atoms with Gasteiger partial charge < -0.3 is 15.7 Å². The Hall–Kier alpha value is -1.86. The lowest BCUT2D eigenvalue weighted by molar-refractivity contribution is -0.384. The van der Waals surface area contributed by atoms with E-state index in [1.807, 2.05) is 6.92 Å². The summed E-state index contributed by atoms with van der Waals surface area (Å²) >= 11 is 5.72. The number of hydrogen-bond acceptors (Lipinski definition) is 4. The van der Waals surface area contributed by atoms with Crippen LogP contribution < -0.4 is 10.6 Å². The molecular formula is C14H18ClN3O4. The lowest BCUT2D eigenvalue weighted by atomic mass is 9.86. The molecule has 1 aromatic carbocycles. The molecule has 120 valence electrons. The molecule has 7 nitrogen and oxygen atoms in total. The second-order valence-corrected chi connectivity index (χ2v) is 6.19. The summed E-state index contributed by atoms with van der Waals surface area (Å²) in [5, 5.41) is 25.7. The first-order valence-corrected chi connectivity index (χ1v) is 7.36. The largest absolute Gasteiger partial charge is 0.396 e. The molecule has 1 saturated carbocycles. The molecule has 0 spiro atoms. The van der Waals surface area contributed by atoms with E-state index in [4.69, 9.17) is 11.6 Å². The molecule has 0 radical (unpaired) electrons. The molecule has 2 unspecified atom stereocenters. The van der Waals surface area contributed by atoms with Crippen molar-refractivity contribution in [3.63, 3.8) is 0 Å². The van der Waals surface area contributed by atoms with Gasteiger partial charge in [0.15, 0.2) is 0 Å². The van der Waals surface area contributed by atoms with Gasteiger partial charge in [-0.25, -0.2) is 4.79 Å². The van der Waals surface area contributed by atoms with E-state index in [9.17, 15) is 20.0 Å². The number of halogens is 1. The summed E-state index contributed by atoms with van der Waals surface area (Å²) in [7, 11) is 0. The molecule has 2 amide bonds. The van der Waals surface area contributed by atoms with Crippen molar-refractivity contribution in [3.05, 3.63) is 33.3 Å². The molecule has 1 aliphatic carbocycles. The molecule has 1 aliphatic rings. The highest BCUT2D eigenvalue weighted by molar-refractivity contribution is 6.32. The number of aliphatic hydroxyl groups excluding tert-OH is 1. The number of nitrogens with zero attached hydrogens (tertiary/aromatic N) is 1. The lowest BCUT2D eigenvalue weighted by Gasteiger charge is -2.30. The van der Waals surface area contributed by atoms with E-state index in [1.54, 1.807) is 0 Å². The van der Waals surface area contributed by atoms with Crippen molar-refractivity contribution >= 4 is 29.0 Å². The van der Waals surface area contributed by atoms with E-state index in [0.29, 0.717) is 0 Å². The van der Waals surface area contributed by atoms with Gasteiger partial charge in [0.1, 0.15) is 5.02 Å². The topological polar surface area (TPSA) is 104 Å². The van der Waals surface area contributed by atoms with Crippen LogP contribution in [0.2, 0.25) is 5.02 Å². The van der Waals surface area contributed by atoms with E-state index in [0.717, 1.165) is 19.3 Å². The van der Waals surface area contributed by atoms with Gasteiger partial charge in [-0.2, -0.15) is 0 Å². The van der Waals surface area contributed by atoms with Crippen LogP contribution in [0.4, 0.5) is 16.2 Å². The number of carbonyl (C=O) groups excluding carboxylic acids is 1. The monoisotopic (exact) mass is 327 g/mol. The number of amides is 2. The summed E-state index contributed by atoms with van der Waals surface area (Å²) in [5.41, 5.74) is -0.304. The Morgan fingerprint density at radius 3 is 2.95 bits per heavy atom. The number of nitro groups is 1. The highest BCUT2D eigenvalue weighted by Crippen LogP contribution is 2.37. The van der Waals surface area contributed by atoms with Gasteiger partial charge in [0.05, 0.1) is 11.5 Å². The summed E-state index contributed by atoms with van der Waals surface area (Å²) in [4.78, 5) is 22.3. The third-order valence-electron chi connectivity index (χ3n) is 4.15. The van der Waals surface area contributed by atoms with Gasteiger partial charge in [0, 0.05) is 23.2 Å². The Balaban J connectivity index is 2.04. The molecule has 3 N–H and O–H groups in total. The molecular weight excluding hydrogens is 310 g/mol. The zero-order valence-corrected chi connectivity index (χ0v) is 12.9. The Bertz CT molecular complexity index is 595. The zero-order valence-electron chi connectivity index (χ0n) is 12.1. The normalized spacial score (nSPS) is 24.0. The van der Waals surface area contributed by atoms with Crippen LogP contribution in [0, 0.1) is 15.5 Å². The van der Waals surface area contributed by atoms with E-state index >= 15 is 0 Å². The first-order chi connectivity index (χ1) is 10.4. The van der Waals surface area contributed by atoms with Crippen LogP contribution in [-0.4, -0.2) is 28.7 Å². The molecule has 22 heavy (non-hydrogen) atoms. The maximum absolute atomic E-state index is 12.0. The van der Waals surface area contributed by atoms with Crippen molar-refractivity contribution < 1.29 is 14.8 Å². The fourth-order valence-electron chi connectivity index (χ4n) is 2.72. The van der Waals surface area contributed by atoms with Crippen molar-refractivity contribution in [2.75, 3.05) is 11.9 Å². The smallest absolute Gasteiger partial charge is 0.319 e. The Labute approximate surface area is 132 Å². The van der Waals surface area contributed by atoms with Crippen LogP contribution in [0.15, 0.2) is 18.2 Å². The number of rotatable bonds is 4. The number of aliphatic hydroxyl groups is 1. The highest BCUT2D eigenvalue weighted by atomic mass is 35.5. The number of urea groups is 1. The maximum atomic E-state index is 12.0. The van der Waals surface area contributed by atoms with Gasteiger partial charge in [0.2, 0.25) is 0 Å². The molecule has 1 aromatic rings. The third kappa shape index (κ3) is 3.48. The minimum Gasteiger partial charge on any atom is -0.396 e. The molecule has 2 rings (SSSR count). The SMILES string of the molecule is CC1(CO)CCCC1NC(=O)Nc1ccc(Cl)c([N+](=O)[O-])c1. The first-order valence-electron chi connectivity index (χ1n) is 6.98. The summed E-state index contributed by atoms with van der Waals surface area (Å²) in [6.45, 7) is 1.93. The zero-order chi connectivity index (χ0) is 16.3. The fraction of sp³-hybridized carbons (Fsp3) is 0.500.